The van der Waals surface area contributed by atoms with Crippen molar-refractivity contribution in [3.8, 4) is 11.5 Å². The Morgan fingerprint density at radius 1 is 0.902 bits per heavy atom. The van der Waals surface area contributed by atoms with E-state index in [2.05, 4.69) is 5.32 Å². The van der Waals surface area contributed by atoms with E-state index in [9.17, 15) is 18.0 Å². The van der Waals surface area contributed by atoms with Crippen LogP contribution in [0.15, 0.2) is 77.7 Å². The molecule has 3 aromatic carbocycles. The fourth-order valence-corrected chi connectivity index (χ4v) is 5.60. The fraction of sp³-hybridized carbons (Fsp3) is 0.333. The highest BCUT2D eigenvalue weighted by atomic mass is 35.5. The number of benzene rings is 3. The molecule has 0 saturated carbocycles. The third-order valence-corrected chi connectivity index (χ3v) is 8.42. The van der Waals surface area contributed by atoms with Crippen molar-refractivity contribution in [2.24, 2.45) is 5.92 Å². The van der Waals surface area contributed by atoms with Crippen LogP contribution in [-0.4, -0.2) is 58.5 Å². The number of para-hydroxylation sites is 2. The van der Waals surface area contributed by atoms with Crippen LogP contribution in [0.5, 0.6) is 11.5 Å². The van der Waals surface area contributed by atoms with E-state index in [-0.39, 0.29) is 34.7 Å². The van der Waals surface area contributed by atoms with Gasteiger partial charge in [0.1, 0.15) is 24.1 Å². The van der Waals surface area contributed by atoms with Crippen molar-refractivity contribution in [1.82, 2.24) is 10.2 Å². The molecule has 41 heavy (non-hydrogen) atoms. The molecule has 0 bridgehead atoms. The maximum Gasteiger partial charge on any atom is 0.264 e. The van der Waals surface area contributed by atoms with Gasteiger partial charge in [0.05, 0.1) is 24.8 Å². The number of hydrogen-bond acceptors (Lipinski definition) is 6. The predicted octanol–water partition coefficient (Wildman–Crippen LogP) is 4.74. The topological polar surface area (TPSA) is 105 Å². The minimum absolute atomic E-state index is 0.0380. The lowest BCUT2D eigenvalue weighted by atomic mass is 10.1. The molecule has 1 unspecified atom stereocenters. The summed E-state index contributed by atoms with van der Waals surface area (Å²) in [6, 6.07) is 18.4. The molecule has 0 spiro atoms. The Bertz CT molecular complexity index is 1430. The van der Waals surface area contributed by atoms with Gasteiger partial charge in [-0.15, -0.1) is 0 Å². The number of carbonyl (C=O) groups is 2. The molecule has 2 amide bonds. The van der Waals surface area contributed by atoms with Gasteiger partial charge in [0.2, 0.25) is 11.8 Å². The summed E-state index contributed by atoms with van der Waals surface area (Å²) in [5.41, 5.74) is 0.913. The van der Waals surface area contributed by atoms with Crippen LogP contribution in [0.2, 0.25) is 5.02 Å². The SMILES string of the molecule is COc1ccc(S(=O)(=O)N(CC(=O)N(Cc2ccc(Cl)cc2)C(C)C(=O)NCC(C)C)c2ccccc2OC)cc1. The van der Waals surface area contributed by atoms with Gasteiger partial charge in [-0.25, -0.2) is 8.42 Å². The largest absolute Gasteiger partial charge is 0.497 e. The van der Waals surface area contributed by atoms with E-state index in [1.54, 1.807) is 55.5 Å². The number of anilines is 1. The van der Waals surface area contributed by atoms with Gasteiger partial charge in [-0.3, -0.25) is 13.9 Å². The molecule has 0 aliphatic heterocycles. The third kappa shape index (κ3) is 8.14. The van der Waals surface area contributed by atoms with Crippen molar-refractivity contribution in [3.05, 3.63) is 83.4 Å². The molecule has 9 nitrogen and oxygen atoms in total. The fourth-order valence-electron chi connectivity index (χ4n) is 4.05. The van der Waals surface area contributed by atoms with E-state index in [4.69, 9.17) is 21.1 Å². The molecule has 220 valence electrons. The summed E-state index contributed by atoms with van der Waals surface area (Å²) in [6.45, 7) is 5.48. The molecule has 0 fully saturated rings. The van der Waals surface area contributed by atoms with Gasteiger partial charge < -0.3 is 19.7 Å². The maximum absolute atomic E-state index is 14.0. The number of carbonyl (C=O) groups excluding carboxylic acids is 2. The smallest absolute Gasteiger partial charge is 0.264 e. The first-order valence-electron chi connectivity index (χ1n) is 13.1. The monoisotopic (exact) mass is 601 g/mol. The van der Waals surface area contributed by atoms with Crippen molar-refractivity contribution in [2.75, 3.05) is 31.6 Å². The molecule has 3 aromatic rings. The normalized spacial score (nSPS) is 12.0. The van der Waals surface area contributed by atoms with Gasteiger partial charge >= 0.3 is 0 Å². The highest BCUT2D eigenvalue weighted by Crippen LogP contribution is 2.33. The Morgan fingerprint density at radius 2 is 1.54 bits per heavy atom. The van der Waals surface area contributed by atoms with Crippen LogP contribution in [0.1, 0.15) is 26.3 Å². The Kier molecular flexibility index (Phi) is 11.0. The number of methoxy groups -OCH3 is 2. The second-order valence-electron chi connectivity index (χ2n) is 9.82. The van der Waals surface area contributed by atoms with E-state index in [0.29, 0.717) is 17.3 Å². The molecule has 1 atom stereocenters. The molecule has 1 N–H and O–H groups in total. The van der Waals surface area contributed by atoms with E-state index >= 15 is 0 Å². The number of nitrogens with one attached hydrogen (secondary N) is 1. The number of rotatable bonds is 13. The number of halogens is 1. The summed E-state index contributed by atoms with van der Waals surface area (Å²) >= 11 is 6.05. The summed E-state index contributed by atoms with van der Waals surface area (Å²) in [7, 11) is -1.35. The van der Waals surface area contributed by atoms with E-state index in [1.807, 2.05) is 13.8 Å². The molecule has 0 aliphatic rings. The molecule has 3 rings (SSSR count). The molecule has 0 saturated heterocycles. The lowest BCUT2D eigenvalue weighted by Gasteiger charge is -2.32. The molecule has 0 aromatic heterocycles. The van der Waals surface area contributed by atoms with Gasteiger partial charge in [0, 0.05) is 18.1 Å². The van der Waals surface area contributed by atoms with Crippen LogP contribution in [0, 0.1) is 5.92 Å². The van der Waals surface area contributed by atoms with Gasteiger partial charge in [-0.05, 0) is 66.9 Å². The lowest BCUT2D eigenvalue weighted by molar-refractivity contribution is -0.139. The Morgan fingerprint density at radius 3 is 2.12 bits per heavy atom. The highest BCUT2D eigenvalue weighted by molar-refractivity contribution is 7.92. The first-order chi connectivity index (χ1) is 19.5. The molecular formula is C30H36ClN3O6S. The summed E-state index contributed by atoms with van der Waals surface area (Å²) < 4.78 is 39.6. The summed E-state index contributed by atoms with van der Waals surface area (Å²) in [6.07, 6.45) is 0. The Hall–Kier alpha value is -3.76. The second kappa shape index (κ2) is 14.2. The van der Waals surface area contributed by atoms with Crippen molar-refractivity contribution in [1.29, 1.82) is 0 Å². The molecule has 0 heterocycles. The molecule has 11 heteroatoms. The second-order valence-corrected chi connectivity index (χ2v) is 12.1. The minimum Gasteiger partial charge on any atom is -0.497 e. The molecular weight excluding hydrogens is 566 g/mol. The standard InChI is InChI=1S/C30H36ClN3O6S/c1-21(2)18-32-30(36)22(3)33(19-23-10-12-24(31)13-11-23)29(35)20-34(27-8-6-7-9-28(27)40-5)41(37,38)26-16-14-25(39-4)15-17-26/h6-17,21-22H,18-20H2,1-5H3,(H,32,36). The zero-order valence-corrected chi connectivity index (χ0v) is 25.4. The van der Waals surface area contributed by atoms with Crippen molar-refractivity contribution in [3.63, 3.8) is 0 Å². The molecule has 0 radical (unpaired) electrons. The third-order valence-electron chi connectivity index (χ3n) is 6.40. The quantitative estimate of drug-likeness (QED) is 0.303. The van der Waals surface area contributed by atoms with Gasteiger partial charge in [-0.2, -0.15) is 0 Å². The number of hydrogen-bond donors (Lipinski definition) is 1. The summed E-state index contributed by atoms with van der Waals surface area (Å²) in [5.74, 6) is 0.0452. The zero-order chi connectivity index (χ0) is 30.2. The van der Waals surface area contributed by atoms with Crippen LogP contribution in [0.4, 0.5) is 5.69 Å². The minimum atomic E-state index is -4.25. The van der Waals surface area contributed by atoms with Gasteiger partial charge in [0.15, 0.2) is 0 Å². The van der Waals surface area contributed by atoms with Gasteiger partial charge in [0.25, 0.3) is 10.0 Å². The number of ether oxygens (including phenoxy) is 2. The van der Waals surface area contributed by atoms with Crippen LogP contribution >= 0.6 is 11.6 Å². The average Bonchev–Trinajstić information content (AvgIpc) is 2.97. The van der Waals surface area contributed by atoms with E-state index in [1.165, 1.54) is 43.4 Å². The highest BCUT2D eigenvalue weighted by Gasteiger charge is 2.33. The van der Waals surface area contributed by atoms with Crippen molar-refractivity contribution in [2.45, 2.75) is 38.3 Å². The Balaban J connectivity index is 2.05. The lowest BCUT2D eigenvalue weighted by Crippen LogP contribution is -2.51. The van der Waals surface area contributed by atoms with E-state index in [0.717, 1.165) is 9.87 Å². The average molecular weight is 602 g/mol. The van der Waals surface area contributed by atoms with Crippen LogP contribution < -0.4 is 19.1 Å². The summed E-state index contributed by atoms with van der Waals surface area (Å²) in [4.78, 5) is 28.4. The first kappa shape index (κ1) is 31.8. The van der Waals surface area contributed by atoms with Crippen LogP contribution in [0.3, 0.4) is 0 Å². The summed E-state index contributed by atoms with van der Waals surface area (Å²) in [5, 5.41) is 3.39. The zero-order valence-electron chi connectivity index (χ0n) is 23.8. The van der Waals surface area contributed by atoms with Gasteiger partial charge in [-0.1, -0.05) is 49.7 Å². The molecule has 0 aliphatic carbocycles. The van der Waals surface area contributed by atoms with Crippen molar-refractivity contribution < 1.29 is 27.5 Å². The Labute approximate surface area is 247 Å². The van der Waals surface area contributed by atoms with E-state index < -0.39 is 28.5 Å². The number of amides is 2. The number of sulfonamides is 1. The maximum atomic E-state index is 14.0. The first-order valence-corrected chi connectivity index (χ1v) is 14.9. The van der Waals surface area contributed by atoms with Crippen LogP contribution in [-0.2, 0) is 26.2 Å². The number of nitrogens with zero attached hydrogens (tertiary/aromatic N) is 2. The predicted molar refractivity (Wildman–Crippen MR) is 160 cm³/mol. The van der Waals surface area contributed by atoms with Crippen molar-refractivity contribution >= 4 is 39.1 Å². The van der Waals surface area contributed by atoms with Crippen LogP contribution in [0.25, 0.3) is 0 Å².